The van der Waals surface area contributed by atoms with Crippen molar-refractivity contribution in [3.8, 4) is 0 Å². The van der Waals surface area contributed by atoms with Crippen LogP contribution >= 0.6 is 0 Å². The Morgan fingerprint density at radius 3 is 2.70 bits per heavy atom. The number of aliphatic hydroxyl groups is 1. The van der Waals surface area contributed by atoms with Gasteiger partial charge in [0.25, 0.3) is 5.91 Å². The number of rotatable bonds is 2. The summed E-state index contributed by atoms with van der Waals surface area (Å²) in [6.07, 6.45) is -1.11. The van der Waals surface area contributed by atoms with Crippen LogP contribution in [0.2, 0.25) is 0 Å². The van der Waals surface area contributed by atoms with Gasteiger partial charge in [-0.15, -0.1) is 0 Å². The van der Waals surface area contributed by atoms with Crippen molar-refractivity contribution in [2.45, 2.75) is 6.10 Å². The van der Waals surface area contributed by atoms with E-state index in [4.69, 9.17) is 0 Å². The number of halogens is 1. The molecule has 0 spiro atoms. The van der Waals surface area contributed by atoms with Crippen molar-refractivity contribution >= 4 is 23.0 Å². The number of fused-ring (bicyclic) bond motifs is 1. The zero-order valence-electron chi connectivity index (χ0n) is 10.8. The molecule has 1 amide bonds. The Bertz CT molecular complexity index is 687. The minimum Gasteiger partial charge on any atom is -0.378 e. The Hall–Kier alpha value is -2.40. The van der Waals surface area contributed by atoms with E-state index in [1.54, 1.807) is 35.2 Å². The molecule has 2 N–H and O–H groups in total. The lowest BCUT2D eigenvalue weighted by atomic mass is 10.1. The van der Waals surface area contributed by atoms with E-state index >= 15 is 0 Å². The van der Waals surface area contributed by atoms with Crippen LogP contribution in [0.4, 0.5) is 21.5 Å². The minimum absolute atomic E-state index is 0.306. The van der Waals surface area contributed by atoms with Gasteiger partial charge in [0.1, 0.15) is 5.82 Å². The molecular formula is C15H13FN2O2. The van der Waals surface area contributed by atoms with E-state index in [-0.39, 0.29) is 5.82 Å². The fourth-order valence-electron chi connectivity index (χ4n) is 2.28. The van der Waals surface area contributed by atoms with Gasteiger partial charge in [-0.1, -0.05) is 12.1 Å². The molecule has 2 aromatic rings. The maximum Gasteiger partial charge on any atom is 0.257 e. The lowest BCUT2D eigenvalue weighted by Crippen LogP contribution is -2.10. The molecule has 1 atom stereocenters. The van der Waals surface area contributed by atoms with Gasteiger partial charge in [-0.3, -0.25) is 4.79 Å². The first-order valence-electron chi connectivity index (χ1n) is 6.18. The third-order valence-electron chi connectivity index (χ3n) is 3.42. The molecule has 0 fully saturated rings. The fourth-order valence-corrected chi connectivity index (χ4v) is 2.28. The zero-order valence-corrected chi connectivity index (χ0v) is 10.8. The van der Waals surface area contributed by atoms with Crippen LogP contribution < -0.4 is 10.2 Å². The van der Waals surface area contributed by atoms with Gasteiger partial charge in [-0.05, 0) is 30.3 Å². The van der Waals surface area contributed by atoms with Crippen LogP contribution in [0, 0.1) is 5.82 Å². The molecule has 2 aromatic carbocycles. The standard InChI is InChI=1S/C15H13FN2O2/c1-18(10-4-2-3-9(16)7-10)11-5-6-12-13(8-11)17-15(20)14(12)19/h2-8,14,19H,1H3,(H,17,20). The summed E-state index contributed by atoms with van der Waals surface area (Å²) in [7, 11) is 1.81. The van der Waals surface area contributed by atoms with E-state index in [1.165, 1.54) is 12.1 Å². The molecule has 0 bridgehead atoms. The third-order valence-corrected chi connectivity index (χ3v) is 3.42. The summed E-state index contributed by atoms with van der Waals surface area (Å²) in [6, 6.07) is 11.5. The molecule has 0 saturated carbocycles. The van der Waals surface area contributed by atoms with Crippen molar-refractivity contribution < 1.29 is 14.3 Å². The molecule has 1 heterocycles. The van der Waals surface area contributed by atoms with Crippen LogP contribution in [0.5, 0.6) is 0 Å². The van der Waals surface area contributed by atoms with E-state index in [0.717, 1.165) is 5.69 Å². The third kappa shape index (κ3) is 2.02. The molecule has 20 heavy (non-hydrogen) atoms. The Morgan fingerprint density at radius 1 is 1.20 bits per heavy atom. The Kier molecular flexibility index (Phi) is 2.91. The van der Waals surface area contributed by atoms with Gasteiger partial charge in [-0.2, -0.15) is 0 Å². The summed E-state index contributed by atoms with van der Waals surface area (Å²) in [5.74, 6) is -0.732. The van der Waals surface area contributed by atoms with Crippen LogP contribution in [-0.4, -0.2) is 18.1 Å². The van der Waals surface area contributed by atoms with E-state index in [0.29, 0.717) is 16.9 Å². The topological polar surface area (TPSA) is 52.6 Å². The Balaban J connectivity index is 1.96. The number of nitrogens with one attached hydrogen (secondary N) is 1. The number of benzene rings is 2. The highest BCUT2D eigenvalue weighted by Gasteiger charge is 2.28. The first-order valence-corrected chi connectivity index (χ1v) is 6.18. The first-order chi connectivity index (χ1) is 9.56. The number of carbonyl (C=O) groups is 1. The number of hydrogen-bond donors (Lipinski definition) is 2. The van der Waals surface area contributed by atoms with Gasteiger partial charge in [-0.25, -0.2) is 4.39 Å². The van der Waals surface area contributed by atoms with Crippen LogP contribution in [0.1, 0.15) is 11.7 Å². The highest BCUT2D eigenvalue weighted by Crippen LogP contribution is 2.35. The summed E-state index contributed by atoms with van der Waals surface area (Å²) >= 11 is 0. The van der Waals surface area contributed by atoms with Crippen LogP contribution in [0.3, 0.4) is 0 Å². The molecule has 0 aromatic heterocycles. The van der Waals surface area contributed by atoms with E-state index < -0.39 is 12.0 Å². The summed E-state index contributed by atoms with van der Waals surface area (Å²) in [6.45, 7) is 0. The van der Waals surface area contributed by atoms with Gasteiger partial charge in [0, 0.05) is 29.7 Å². The maximum absolute atomic E-state index is 13.2. The largest absolute Gasteiger partial charge is 0.378 e. The summed E-state index contributed by atoms with van der Waals surface area (Å²) in [4.78, 5) is 13.2. The van der Waals surface area contributed by atoms with E-state index in [9.17, 15) is 14.3 Å². The predicted molar refractivity (Wildman–Crippen MR) is 74.5 cm³/mol. The van der Waals surface area contributed by atoms with Crippen molar-refractivity contribution in [2.75, 3.05) is 17.3 Å². The molecule has 1 aliphatic heterocycles. The molecule has 1 aliphatic rings. The average Bonchev–Trinajstić information content (AvgIpc) is 2.73. The number of nitrogens with zero attached hydrogens (tertiary/aromatic N) is 1. The highest BCUT2D eigenvalue weighted by molar-refractivity contribution is 6.02. The maximum atomic E-state index is 13.2. The predicted octanol–water partition coefficient (Wildman–Crippen LogP) is 2.58. The summed E-state index contributed by atoms with van der Waals surface area (Å²) in [5, 5.41) is 12.3. The number of amides is 1. The average molecular weight is 272 g/mol. The Morgan fingerprint density at radius 2 is 1.95 bits per heavy atom. The Labute approximate surface area is 115 Å². The molecule has 0 radical (unpaired) electrons. The minimum atomic E-state index is -1.11. The van der Waals surface area contributed by atoms with Gasteiger partial charge in [0.15, 0.2) is 6.10 Å². The van der Waals surface area contributed by atoms with Gasteiger partial charge in [0.05, 0.1) is 0 Å². The molecule has 5 heteroatoms. The second kappa shape index (κ2) is 4.61. The monoisotopic (exact) mass is 272 g/mol. The smallest absolute Gasteiger partial charge is 0.257 e. The second-order valence-corrected chi connectivity index (χ2v) is 4.70. The van der Waals surface area contributed by atoms with E-state index in [1.807, 2.05) is 7.05 Å². The molecule has 102 valence electrons. The van der Waals surface area contributed by atoms with Crippen LogP contribution in [0.15, 0.2) is 42.5 Å². The second-order valence-electron chi connectivity index (χ2n) is 4.70. The van der Waals surface area contributed by atoms with Crippen molar-refractivity contribution in [3.05, 3.63) is 53.8 Å². The normalized spacial score (nSPS) is 16.8. The first kappa shape index (κ1) is 12.6. The van der Waals surface area contributed by atoms with Crippen molar-refractivity contribution in [2.24, 2.45) is 0 Å². The van der Waals surface area contributed by atoms with Crippen LogP contribution in [-0.2, 0) is 4.79 Å². The lowest BCUT2D eigenvalue weighted by Gasteiger charge is -2.20. The van der Waals surface area contributed by atoms with Gasteiger partial charge < -0.3 is 15.3 Å². The lowest BCUT2D eigenvalue weighted by molar-refractivity contribution is -0.123. The molecular weight excluding hydrogens is 259 g/mol. The SMILES string of the molecule is CN(c1cccc(F)c1)c1ccc2c(c1)NC(=O)C2O. The number of hydrogen-bond acceptors (Lipinski definition) is 3. The number of anilines is 3. The van der Waals surface area contributed by atoms with Gasteiger partial charge >= 0.3 is 0 Å². The summed E-state index contributed by atoms with van der Waals surface area (Å²) < 4.78 is 13.2. The van der Waals surface area contributed by atoms with Crippen molar-refractivity contribution in [1.82, 2.24) is 0 Å². The molecule has 1 unspecified atom stereocenters. The van der Waals surface area contributed by atoms with E-state index in [2.05, 4.69) is 5.32 Å². The molecule has 4 nitrogen and oxygen atoms in total. The highest BCUT2D eigenvalue weighted by atomic mass is 19.1. The zero-order chi connectivity index (χ0) is 14.3. The van der Waals surface area contributed by atoms with Crippen molar-refractivity contribution in [3.63, 3.8) is 0 Å². The molecule has 3 rings (SSSR count). The van der Waals surface area contributed by atoms with Crippen molar-refractivity contribution in [1.29, 1.82) is 0 Å². The van der Waals surface area contributed by atoms with Crippen LogP contribution in [0.25, 0.3) is 0 Å². The van der Waals surface area contributed by atoms with Gasteiger partial charge in [0.2, 0.25) is 0 Å². The summed E-state index contributed by atoms with van der Waals surface area (Å²) in [5.41, 5.74) is 2.65. The fraction of sp³-hybridized carbons (Fsp3) is 0.133. The molecule has 0 saturated heterocycles. The quantitative estimate of drug-likeness (QED) is 0.883. The number of aliphatic hydroxyl groups excluding tert-OH is 1. The number of carbonyl (C=O) groups excluding carboxylic acids is 1. The molecule has 0 aliphatic carbocycles.